The number of hydrogen-bond donors (Lipinski definition) is 1. The number of aromatic nitrogens is 4. The maximum Gasteiger partial charge on any atom is 0.226 e. The maximum absolute atomic E-state index is 5.33. The van der Waals surface area contributed by atoms with Gasteiger partial charge < -0.3 is 9.73 Å². The second-order valence-corrected chi connectivity index (χ2v) is 7.00. The van der Waals surface area contributed by atoms with Gasteiger partial charge in [0.05, 0.1) is 5.75 Å². The molecule has 3 aromatic rings. The summed E-state index contributed by atoms with van der Waals surface area (Å²) in [5.41, 5.74) is 3.54. The zero-order valence-electron chi connectivity index (χ0n) is 12.5. The molecule has 3 rings (SSSR count). The van der Waals surface area contributed by atoms with E-state index in [0.29, 0.717) is 17.5 Å². The highest BCUT2D eigenvalue weighted by molar-refractivity contribution is 8.00. The van der Waals surface area contributed by atoms with Crippen molar-refractivity contribution >= 4 is 33.9 Å². The Morgan fingerprint density at radius 3 is 2.68 bits per heavy atom. The predicted octanol–water partition coefficient (Wildman–Crippen LogP) is 3.88. The van der Waals surface area contributed by atoms with E-state index < -0.39 is 0 Å². The third-order valence-corrected chi connectivity index (χ3v) is 5.01. The number of hydrogen-bond acceptors (Lipinski definition) is 8. The van der Waals surface area contributed by atoms with Crippen LogP contribution in [0.5, 0.6) is 0 Å². The van der Waals surface area contributed by atoms with Crippen molar-refractivity contribution in [1.29, 1.82) is 0 Å². The monoisotopic (exact) mass is 333 g/mol. The first-order valence-electron chi connectivity index (χ1n) is 6.70. The van der Waals surface area contributed by atoms with Gasteiger partial charge in [-0.25, -0.2) is 0 Å². The number of nitrogens with one attached hydrogen (secondary N) is 1. The van der Waals surface area contributed by atoms with Crippen LogP contribution in [0.3, 0.4) is 0 Å². The Labute approximate surface area is 136 Å². The van der Waals surface area contributed by atoms with E-state index in [2.05, 4.69) is 51.7 Å². The lowest BCUT2D eigenvalue weighted by molar-refractivity contribution is 0.485. The maximum atomic E-state index is 5.33. The molecule has 2 aromatic heterocycles. The summed E-state index contributed by atoms with van der Waals surface area (Å²) >= 11 is 3.04. The smallest absolute Gasteiger partial charge is 0.226 e. The minimum Gasteiger partial charge on any atom is -0.425 e. The van der Waals surface area contributed by atoms with Gasteiger partial charge >= 0.3 is 0 Å². The fraction of sp³-hybridized carbons (Fsp3) is 0.286. The summed E-state index contributed by atoms with van der Waals surface area (Å²) in [5, 5.41) is 20.1. The van der Waals surface area contributed by atoms with Crippen LogP contribution in [0.25, 0.3) is 0 Å². The molecule has 8 heteroatoms. The number of anilines is 2. The molecule has 2 heterocycles. The Morgan fingerprint density at radius 2 is 1.95 bits per heavy atom. The molecule has 1 aromatic carbocycles. The minimum atomic E-state index is 0.574. The van der Waals surface area contributed by atoms with Crippen LogP contribution >= 0.6 is 23.1 Å². The molecule has 0 fully saturated rings. The zero-order valence-corrected chi connectivity index (χ0v) is 14.1. The Hall–Kier alpha value is -1.93. The van der Waals surface area contributed by atoms with Crippen LogP contribution in [0.1, 0.15) is 22.9 Å². The molecule has 0 bridgehead atoms. The second kappa shape index (κ2) is 6.45. The number of benzene rings is 1. The number of nitrogens with zero attached hydrogens (tertiary/aromatic N) is 4. The first-order chi connectivity index (χ1) is 10.6. The van der Waals surface area contributed by atoms with E-state index in [0.717, 1.165) is 15.2 Å². The van der Waals surface area contributed by atoms with Gasteiger partial charge in [-0.3, -0.25) is 0 Å². The zero-order chi connectivity index (χ0) is 15.5. The van der Waals surface area contributed by atoms with Gasteiger partial charge in [-0.1, -0.05) is 29.2 Å². The van der Waals surface area contributed by atoms with E-state index in [9.17, 15) is 0 Å². The summed E-state index contributed by atoms with van der Waals surface area (Å²) in [6.07, 6.45) is 0. The highest BCUT2D eigenvalue weighted by Crippen LogP contribution is 2.29. The average Bonchev–Trinajstić information content (AvgIpc) is 3.10. The first kappa shape index (κ1) is 15.0. The van der Waals surface area contributed by atoms with Gasteiger partial charge in [0.25, 0.3) is 0 Å². The van der Waals surface area contributed by atoms with Gasteiger partial charge in [0, 0.05) is 12.6 Å². The second-order valence-electron chi connectivity index (χ2n) is 4.80. The lowest BCUT2D eigenvalue weighted by Crippen LogP contribution is -1.91. The molecule has 0 spiro atoms. The molecule has 0 unspecified atom stereocenters. The van der Waals surface area contributed by atoms with Crippen molar-refractivity contribution in [3.63, 3.8) is 0 Å². The standard InChI is InChI=1S/C14H15N5OS2/c1-8-4-5-11(6-9(8)2)15-13-18-19-14(22-13)21-7-12-17-16-10(3)20-12/h4-6H,7H2,1-3H3,(H,15,18). The van der Waals surface area contributed by atoms with Crippen molar-refractivity contribution in [3.8, 4) is 0 Å². The summed E-state index contributed by atoms with van der Waals surface area (Å²) in [6.45, 7) is 5.96. The van der Waals surface area contributed by atoms with Gasteiger partial charge in [-0.05, 0) is 37.1 Å². The Kier molecular flexibility index (Phi) is 4.39. The van der Waals surface area contributed by atoms with E-state index >= 15 is 0 Å². The first-order valence-corrected chi connectivity index (χ1v) is 8.50. The number of rotatable bonds is 5. The summed E-state index contributed by atoms with van der Waals surface area (Å²) in [7, 11) is 0. The molecule has 0 aliphatic rings. The highest BCUT2D eigenvalue weighted by Gasteiger charge is 2.08. The molecule has 0 amide bonds. The molecular formula is C14H15N5OS2. The molecule has 114 valence electrons. The predicted molar refractivity (Wildman–Crippen MR) is 87.7 cm³/mol. The van der Waals surface area contributed by atoms with Gasteiger partial charge in [0.15, 0.2) is 4.34 Å². The third kappa shape index (κ3) is 3.63. The summed E-state index contributed by atoms with van der Waals surface area (Å²) in [4.78, 5) is 0. The van der Waals surface area contributed by atoms with E-state index in [1.165, 1.54) is 34.2 Å². The largest absolute Gasteiger partial charge is 0.425 e. The Morgan fingerprint density at radius 1 is 1.09 bits per heavy atom. The van der Waals surface area contributed by atoms with Crippen molar-refractivity contribution in [2.24, 2.45) is 0 Å². The van der Waals surface area contributed by atoms with Crippen molar-refractivity contribution in [2.75, 3.05) is 5.32 Å². The lowest BCUT2D eigenvalue weighted by Gasteiger charge is -2.05. The topological polar surface area (TPSA) is 76.7 Å². The Bertz CT molecular complexity index is 783. The molecule has 1 N–H and O–H groups in total. The fourth-order valence-corrected chi connectivity index (χ4v) is 3.39. The number of thioether (sulfide) groups is 1. The van der Waals surface area contributed by atoms with Crippen molar-refractivity contribution < 1.29 is 4.42 Å². The quantitative estimate of drug-likeness (QED) is 0.710. The van der Waals surface area contributed by atoms with Crippen LogP contribution in [0, 0.1) is 20.8 Å². The molecule has 0 atom stereocenters. The van der Waals surface area contributed by atoms with Gasteiger partial charge in [-0.2, -0.15) is 0 Å². The van der Waals surface area contributed by atoms with Crippen LogP contribution in [0.2, 0.25) is 0 Å². The van der Waals surface area contributed by atoms with Crippen LogP contribution in [0.15, 0.2) is 27.0 Å². The van der Waals surface area contributed by atoms with Crippen molar-refractivity contribution in [2.45, 2.75) is 30.9 Å². The lowest BCUT2D eigenvalue weighted by atomic mass is 10.1. The highest BCUT2D eigenvalue weighted by atomic mass is 32.2. The van der Waals surface area contributed by atoms with E-state index in [1.54, 1.807) is 6.92 Å². The fourth-order valence-electron chi connectivity index (χ4n) is 1.78. The molecule has 0 saturated heterocycles. The van der Waals surface area contributed by atoms with Crippen LogP contribution in [0.4, 0.5) is 10.8 Å². The van der Waals surface area contributed by atoms with Gasteiger partial charge in [0.2, 0.25) is 16.9 Å². The van der Waals surface area contributed by atoms with E-state index in [4.69, 9.17) is 4.42 Å². The molecular weight excluding hydrogens is 318 g/mol. The third-order valence-electron chi connectivity index (χ3n) is 3.05. The SMILES string of the molecule is Cc1nnc(CSc2nnc(Nc3ccc(C)c(C)c3)s2)o1. The molecule has 0 aliphatic heterocycles. The van der Waals surface area contributed by atoms with Gasteiger partial charge in [-0.15, -0.1) is 20.4 Å². The van der Waals surface area contributed by atoms with Crippen LogP contribution < -0.4 is 5.32 Å². The molecule has 22 heavy (non-hydrogen) atoms. The minimum absolute atomic E-state index is 0.574. The normalized spacial score (nSPS) is 10.9. The van der Waals surface area contributed by atoms with E-state index in [1.807, 2.05) is 6.07 Å². The van der Waals surface area contributed by atoms with E-state index in [-0.39, 0.29) is 0 Å². The summed E-state index contributed by atoms with van der Waals surface area (Å²) in [6, 6.07) is 6.23. The molecule has 6 nitrogen and oxygen atoms in total. The molecule has 0 saturated carbocycles. The van der Waals surface area contributed by atoms with Gasteiger partial charge in [0.1, 0.15) is 0 Å². The average molecular weight is 333 g/mol. The molecule has 0 aliphatic carbocycles. The van der Waals surface area contributed by atoms with Crippen LogP contribution in [-0.2, 0) is 5.75 Å². The Balaban J connectivity index is 1.62. The van der Waals surface area contributed by atoms with Crippen molar-refractivity contribution in [3.05, 3.63) is 41.1 Å². The molecule has 0 radical (unpaired) electrons. The number of aryl methyl sites for hydroxylation is 3. The van der Waals surface area contributed by atoms with Crippen LogP contribution in [-0.4, -0.2) is 20.4 Å². The summed E-state index contributed by atoms with van der Waals surface area (Å²) in [5.74, 6) is 1.77. The van der Waals surface area contributed by atoms with Crippen molar-refractivity contribution in [1.82, 2.24) is 20.4 Å². The summed E-state index contributed by atoms with van der Waals surface area (Å²) < 4.78 is 6.19.